The molecule has 5 heteroatoms. The Kier molecular flexibility index (Phi) is 2.65. The van der Waals surface area contributed by atoms with Gasteiger partial charge in [-0.25, -0.2) is 0 Å². The van der Waals surface area contributed by atoms with Crippen molar-refractivity contribution in [2.75, 3.05) is 19.8 Å². The van der Waals surface area contributed by atoms with Crippen molar-refractivity contribution in [1.29, 1.82) is 0 Å². The largest absolute Gasteiger partial charge is 0.381 e. The van der Waals surface area contributed by atoms with Crippen LogP contribution < -0.4 is 5.43 Å². The molecule has 0 amide bonds. The van der Waals surface area contributed by atoms with Crippen LogP contribution >= 0.6 is 0 Å². The summed E-state index contributed by atoms with van der Waals surface area (Å²) >= 11 is 0. The molecular weight excluding hydrogens is 240 g/mol. The SMILES string of the molecule is C1=NN(C2CCOCC2)CC2=C3C1=CNN=C3CC2. The fraction of sp³-hybridized carbons (Fsp3) is 0.571. The number of hydrogen-bond acceptors (Lipinski definition) is 5. The highest BCUT2D eigenvalue weighted by atomic mass is 16.5. The molecule has 0 aromatic rings. The lowest BCUT2D eigenvalue weighted by Gasteiger charge is -2.31. The molecule has 0 spiro atoms. The predicted molar refractivity (Wildman–Crippen MR) is 74.0 cm³/mol. The Labute approximate surface area is 112 Å². The van der Waals surface area contributed by atoms with Gasteiger partial charge in [-0.05, 0) is 31.3 Å². The Hall–Kier alpha value is -1.62. The minimum Gasteiger partial charge on any atom is -0.381 e. The number of allylic oxidation sites excluding steroid dienone is 2. The van der Waals surface area contributed by atoms with E-state index in [9.17, 15) is 0 Å². The average molecular weight is 258 g/mol. The summed E-state index contributed by atoms with van der Waals surface area (Å²) in [4.78, 5) is 0. The third kappa shape index (κ3) is 1.89. The first-order valence-electron chi connectivity index (χ1n) is 7.05. The monoisotopic (exact) mass is 258 g/mol. The van der Waals surface area contributed by atoms with Crippen LogP contribution in [0.1, 0.15) is 25.7 Å². The standard InChI is InChI=1S/C14H18N4O/c1-2-13-14-10(1)9-18(12-3-5-19-6-4-12)16-8-11(14)7-15-17-13/h7-8,12,15H,1-6,9H2. The number of hydrazone groups is 2. The van der Waals surface area contributed by atoms with Gasteiger partial charge in [0.05, 0.1) is 24.5 Å². The van der Waals surface area contributed by atoms with Gasteiger partial charge in [-0.15, -0.1) is 0 Å². The molecular formula is C14H18N4O. The summed E-state index contributed by atoms with van der Waals surface area (Å²) in [7, 11) is 0. The van der Waals surface area contributed by atoms with E-state index in [1.165, 1.54) is 22.4 Å². The molecule has 1 fully saturated rings. The molecule has 1 N–H and O–H groups in total. The van der Waals surface area contributed by atoms with Gasteiger partial charge in [0.2, 0.25) is 0 Å². The average Bonchev–Trinajstić information content (AvgIpc) is 2.77. The first kappa shape index (κ1) is 11.2. The van der Waals surface area contributed by atoms with Gasteiger partial charge in [-0.1, -0.05) is 0 Å². The number of ether oxygens (including phenoxy) is 1. The maximum Gasteiger partial charge on any atom is 0.0689 e. The molecule has 3 aliphatic heterocycles. The Morgan fingerprint density at radius 3 is 3.05 bits per heavy atom. The number of rotatable bonds is 1. The smallest absolute Gasteiger partial charge is 0.0689 e. The van der Waals surface area contributed by atoms with Gasteiger partial charge in [0.25, 0.3) is 0 Å². The molecule has 0 bridgehead atoms. The second-order valence-electron chi connectivity index (χ2n) is 5.45. The summed E-state index contributed by atoms with van der Waals surface area (Å²) in [5, 5.41) is 11.3. The van der Waals surface area contributed by atoms with Crippen LogP contribution in [0.4, 0.5) is 0 Å². The van der Waals surface area contributed by atoms with E-state index in [0.29, 0.717) is 6.04 Å². The van der Waals surface area contributed by atoms with Crippen molar-refractivity contribution in [2.45, 2.75) is 31.7 Å². The third-order valence-electron chi connectivity index (χ3n) is 4.32. The van der Waals surface area contributed by atoms with Gasteiger partial charge >= 0.3 is 0 Å². The van der Waals surface area contributed by atoms with E-state index in [2.05, 4.69) is 15.5 Å². The van der Waals surface area contributed by atoms with Crippen LogP contribution in [-0.4, -0.2) is 42.7 Å². The van der Waals surface area contributed by atoms with E-state index < -0.39 is 0 Å². The van der Waals surface area contributed by atoms with Crippen molar-refractivity contribution < 1.29 is 4.74 Å². The van der Waals surface area contributed by atoms with Crippen LogP contribution in [0.3, 0.4) is 0 Å². The second kappa shape index (κ2) is 4.49. The van der Waals surface area contributed by atoms with Gasteiger partial charge in [0.15, 0.2) is 0 Å². The Bertz CT molecular complexity index is 512. The van der Waals surface area contributed by atoms with E-state index in [1.54, 1.807) is 0 Å². The number of nitrogens with one attached hydrogen (secondary N) is 1. The third-order valence-corrected chi connectivity index (χ3v) is 4.32. The molecule has 100 valence electrons. The van der Waals surface area contributed by atoms with Crippen LogP contribution in [0.25, 0.3) is 0 Å². The molecule has 3 heterocycles. The highest BCUT2D eigenvalue weighted by Crippen LogP contribution is 2.33. The Morgan fingerprint density at radius 2 is 2.16 bits per heavy atom. The molecule has 4 rings (SSSR count). The van der Waals surface area contributed by atoms with Gasteiger partial charge in [0.1, 0.15) is 0 Å². The van der Waals surface area contributed by atoms with E-state index in [0.717, 1.165) is 45.4 Å². The maximum atomic E-state index is 5.45. The van der Waals surface area contributed by atoms with Crippen molar-refractivity contribution in [3.8, 4) is 0 Å². The molecule has 0 saturated carbocycles. The van der Waals surface area contributed by atoms with Gasteiger partial charge in [0, 0.05) is 30.6 Å². The quantitative estimate of drug-likeness (QED) is 0.773. The molecule has 0 aromatic carbocycles. The maximum absolute atomic E-state index is 5.45. The van der Waals surface area contributed by atoms with Crippen molar-refractivity contribution in [3.05, 3.63) is 22.9 Å². The first-order valence-corrected chi connectivity index (χ1v) is 7.05. The van der Waals surface area contributed by atoms with Gasteiger partial charge < -0.3 is 4.74 Å². The van der Waals surface area contributed by atoms with Crippen LogP contribution in [0.2, 0.25) is 0 Å². The zero-order chi connectivity index (χ0) is 12.7. The zero-order valence-corrected chi connectivity index (χ0v) is 10.9. The Balaban J connectivity index is 1.65. The summed E-state index contributed by atoms with van der Waals surface area (Å²) in [6, 6.07) is 0.521. The van der Waals surface area contributed by atoms with E-state index in [-0.39, 0.29) is 0 Å². The van der Waals surface area contributed by atoms with Crippen LogP contribution in [0.5, 0.6) is 0 Å². The Morgan fingerprint density at radius 1 is 1.26 bits per heavy atom. The minimum absolute atomic E-state index is 0.521. The van der Waals surface area contributed by atoms with Gasteiger partial charge in [-0.3, -0.25) is 10.4 Å². The zero-order valence-electron chi connectivity index (χ0n) is 10.9. The first-order chi connectivity index (χ1) is 9.42. The van der Waals surface area contributed by atoms with Crippen LogP contribution in [0, 0.1) is 0 Å². The lowest BCUT2D eigenvalue weighted by Crippen LogP contribution is -2.36. The molecule has 4 aliphatic rings. The van der Waals surface area contributed by atoms with Crippen molar-refractivity contribution in [2.24, 2.45) is 10.2 Å². The van der Waals surface area contributed by atoms with E-state index >= 15 is 0 Å². The highest BCUT2D eigenvalue weighted by molar-refractivity contribution is 6.13. The fourth-order valence-electron chi connectivity index (χ4n) is 3.30. The van der Waals surface area contributed by atoms with Crippen LogP contribution in [-0.2, 0) is 4.74 Å². The summed E-state index contributed by atoms with van der Waals surface area (Å²) in [5.74, 6) is 0. The molecule has 1 aliphatic carbocycles. The number of nitrogens with zero attached hydrogens (tertiary/aromatic N) is 3. The fourth-order valence-corrected chi connectivity index (χ4v) is 3.30. The van der Waals surface area contributed by atoms with E-state index in [4.69, 9.17) is 9.84 Å². The molecule has 0 radical (unpaired) electrons. The summed E-state index contributed by atoms with van der Waals surface area (Å²) < 4.78 is 5.45. The number of hydrogen-bond donors (Lipinski definition) is 1. The van der Waals surface area contributed by atoms with E-state index in [1.807, 2.05) is 12.4 Å². The molecule has 19 heavy (non-hydrogen) atoms. The van der Waals surface area contributed by atoms with Gasteiger partial charge in [-0.2, -0.15) is 10.2 Å². The molecule has 5 nitrogen and oxygen atoms in total. The summed E-state index contributed by atoms with van der Waals surface area (Å²) in [6.45, 7) is 2.67. The molecule has 0 atom stereocenters. The molecule has 1 saturated heterocycles. The highest BCUT2D eigenvalue weighted by Gasteiger charge is 2.30. The van der Waals surface area contributed by atoms with Crippen molar-refractivity contribution in [1.82, 2.24) is 10.4 Å². The molecule has 0 aromatic heterocycles. The van der Waals surface area contributed by atoms with Crippen LogP contribution in [0.15, 0.2) is 33.1 Å². The topological polar surface area (TPSA) is 49.2 Å². The van der Waals surface area contributed by atoms with Crippen molar-refractivity contribution >= 4 is 11.9 Å². The van der Waals surface area contributed by atoms with Crippen molar-refractivity contribution in [3.63, 3.8) is 0 Å². The predicted octanol–water partition coefficient (Wildman–Crippen LogP) is 1.40. The second-order valence-corrected chi connectivity index (χ2v) is 5.45. The summed E-state index contributed by atoms with van der Waals surface area (Å²) in [5.41, 5.74) is 8.22. The lowest BCUT2D eigenvalue weighted by molar-refractivity contribution is 0.0384. The minimum atomic E-state index is 0.521. The normalized spacial score (nSPS) is 26.6. The molecule has 0 unspecified atom stereocenters. The lowest BCUT2D eigenvalue weighted by atomic mass is 10.0. The summed E-state index contributed by atoms with van der Waals surface area (Å²) in [6.07, 6.45) is 8.29.